The Kier molecular flexibility index (Phi) is 5.06. The molecule has 1 atom stereocenters. The van der Waals surface area contributed by atoms with Gasteiger partial charge in [0.25, 0.3) is 0 Å². The van der Waals surface area contributed by atoms with Gasteiger partial charge < -0.3 is 9.80 Å². The first kappa shape index (κ1) is 16.9. The third-order valence-corrected chi connectivity index (χ3v) is 6.21. The van der Waals surface area contributed by atoms with E-state index in [9.17, 15) is 8.42 Å². The van der Waals surface area contributed by atoms with E-state index >= 15 is 0 Å². The summed E-state index contributed by atoms with van der Waals surface area (Å²) in [4.78, 5) is 4.99. The molecule has 0 spiro atoms. The molecule has 1 aliphatic heterocycles. The van der Waals surface area contributed by atoms with Gasteiger partial charge in [-0.1, -0.05) is 17.7 Å². The summed E-state index contributed by atoms with van der Waals surface area (Å²) in [5.41, 5.74) is 1.06. The molecule has 2 fully saturated rings. The molecule has 23 heavy (non-hydrogen) atoms. The number of sulfonamides is 1. The van der Waals surface area contributed by atoms with Gasteiger partial charge in [-0.2, -0.15) is 0 Å². The third kappa shape index (κ3) is 4.76. The minimum atomic E-state index is -3.46. The highest BCUT2D eigenvalue weighted by atomic mass is 32.2. The van der Waals surface area contributed by atoms with Crippen LogP contribution in [0.3, 0.4) is 0 Å². The van der Waals surface area contributed by atoms with Gasteiger partial charge in [0.15, 0.2) is 0 Å². The molecular weight excluding hydrogens is 310 g/mol. The van der Waals surface area contributed by atoms with Gasteiger partial charge in [-0.05, 0) is 44.9 Å². The van der Waals surface area contributed by atoms with Crippen molar-refractivity contribution in [3.8, 4) is 0 Å². The van der Waals surface area contributed by atoms with Crippen molar-refractivity contribution < 1.29 is 8.42 Å². The van der Waals surface area contributed by atoms with E-state index in [1.54, 1.807) is 12.1 Å². The fourth-order valence-electron chi connectivity index (χ4n) is 3.15. The zero-order chi connectivity index (χ0) is 16.4. The standard InChI is InChI=1S/C17H27N3O2S/c1-14-3-7-17(8-4-14)23(21,22)18-16-12-19(2)9-10-20(13-16)11-15-5-6-15/h3-4,7-8,15-16,18H,5-6,9-13H2,1-2H3/t16-/m1/s1. The van der Waals surface area contributed by atoms with Crippen molar-refractivity contribution >= 4 is 10.0 Å². The molecule has 0 amide bonds. The average Bonchev–Trinajstić information content (AvgIpc) is 3.29. The average molecular weight is 337 g/mol. The van der Waals surface area contributed by atoms with E-state index in [1.807, 2.05) is 19.1 Å². The Bertz CT molecular complexity index is 626. The Labute approximate surface area is 139 Å². The molecule has 1 aromatic carbocycles. The lowest BCUT2D eigenvalue weighted by Crippen LogP contribution is -2.46. The Balaban J connectivity index is 1.69. The van der Waals surface area contributed by atoms with Crippen LogP contribution in [0.25, 0.3) is 0 Å². The lowest BCUT2D eigenvalue weighted by Gasteiger charge is -2.24. The van der Waals surface area contributed by atoms with Gasteiger partial charge in [0.1, 0.15) is 0 Å². The summed E-state index contributed by atoms with van der Waals surface area (Å²) in [6.45, 7) is 6.64. The van der Waals surface area contributed by atoms with Crippen molar-refractivity contribution in [2.75, 3.05) is 39.8 Å². The van der Waals surface area contributed by atoms with E-state index in [1.165, 1.54) is 12.8 Å². The number of nitrogens with zero attached hydrogens (tertiary/aromatic N) is 2. The van der Waals surface area contributed by atoms with Crippen LogP contribution in [0, 0.1) is 12.8 Å². The topological polar surface area (TPSA) is 52.7 Å². The number of benzene rings is 1. The summed E-state index contributed by atoms with van der Waals surface area (Å²) < 4.78 is 28.2. The molecule has 1 heterocycles. The number of hydrogen-bond donors (Lipinski definition) is 1. The lowest BCUT2D eigenvalue weighted by atomic mass is 10.2. The molecule has 1 saturated heterocycles. The minimum Gasteiger partial charge on any atom is -0.303 e. The van der Waals surface area contributed by atoms with E-state index < -0.39 is 10.0 Å². The zero-order valence-electron chi connectivity index (χ0n) is 14.0. The molecule has 1 N–H and O–H groups in total. The van der Waals surface area contributed by atoms with Gasteiger partial charge in [0, 0.05) is 38.8 Å². The molecule has 1 aromatic rings. The summed E-state index contributed by atoms with van der Waals surface area (Å²) >= 11 is 0. The van der Waals surface area contributed by atoms with Crippen LogP contribution in [0.5, 0.6) is 0 Å². The second-order valence-corrected chi connectivity index (χ2v) is 8.81. The van der Waals surface area contributed by atoms with Crippen molar-refractivity contribution in [1.82, 2.24) is 14.5 Å². The Morgan fingerprint density at radius 1 is 1.13 bits per heavy atom. The first-order chi connectivity index (χ1) is 10.9. The number of aryl methyl sites for hydroxylation is 1. The zero-order valence-corrected chi connectivity index (χ0v) is 14.8. The fourth-order valence-corrected chi connectivity index (χ4v) is 4.37. The Morgan fingerprint density at radius 2 is 1.83 bits per heavy atom. The minimum absolute atomic E-state index is 0.0625. The van der Waals surface area contributed by atoms with Crippen LogP contribution in [0.1, 0.15) is 18.4 Å². The second-order valence-electron chi connectivity index (χ2n) is 7.10. The van der Waals surface area contributed by atoms with Crippen LogP contribution >= 0.6 is 0 Å². The maximum Gasteiger partial charge on any atom is 0.240 e. The molecule has 1 aliphatic carbocycles. The van der Waals surface area contributed by atoms with Gasteiger partial charge in [-0.15, -0.1) is 0 Å². The SMILES string of the molecule is Cc1ccc(S(=O)(=O)N[C@@H]2CN(C)CCN(CC3CC3)C2)cc1. The van der Waals surface area contributed by atoms with Crippen molar-refractivity contribution in [3.05, 3.63) is 29.8 Å². The number of rotatable bonds is 5. The molecule has 0 unspecified atom stereocenters. The lowest BCUT2D eigenvalue weighted by molar-refractivity contribution is 0.260. The van der Waals surface area contributed by atoms with Crippen molar-refractivity contribution in [3.63, 3.8) is 0 Å². The normalized spacial score (nSPS) is 24.5. The fraction of sp³-hybridized carbons (Fsp3) is 0.647. The first-order valence-electron chi connectivity index (χ1n) is 8.42. The highest BCUT2D eigenvalue weighted by Gasteiger charge is 2.29. The van der Waals surface area contributed by atoms with E-state index in [4.69, 9.17) is 0 Å². The summed E-state index contributed by atoms with van der Waals surface area (Å²) in [5.74, 6) is 0.827. The van der Waals surface area contributed by atoms with Gasteiger partial charge in [0.2, 0.25) is 10.0 Å². The summed E-state index contributed by atoms with van der Waals surface area (Å²) in [6, 6.07) is 6.98. The smallest absolute Gasteiger partial charge is 0.240 e. The van der Waals surface area contributed by atoms with Crippen LogP contribution in [-0.4, -0.2) is 64.0 Å². The monoisotopic (exact) mass is 337 g/mol. The highest BCUT2D eigenvalue weighted by Crippen LogP contribution is 2.30. The summed E-state index contributed by atoms with van der Waals surface area (Å²) in [7, 11) is -1.39. The van der Waals surface area contributed by atoms with Crippen molar-refractivity contribution in [2.24, 2.45) is 5.92 Å². The summed E-state index contributed by atoms with van der Waals surface area (Å²) in [5, 5.41) is 0. The van der Waals surface area contributed by atoms with Crippen LogP contribution in [0.15, 0.2) is 29.2 Å². The van der Waals surface area contributed by atoms with Gasteiger partial charge in [-0.3, -0.25) is 0 Å². The quantitative estimate of drug-likeness (QED) is 0.880. The van der Waals surface area contributed by atoms with Crippen LogP contribution in [-0.2, 0) is 10.0 Å². The van der Waals surface area contributed by atoms with Crippen LogP contribution in [0.2, 0.25) is 0 Å². The molecule has 0 aromatic heterocycles. The maximum absolute atomic E-state index is 12.6. The van der Waals surface area contributed by atoms with Crippen LogP contribution < -0.4 is 4.72 Å². The van der Waals surface area contributed by atoms with Crippen molar-refractivity contribution in [2.45, 2.75) is 30.7 Å². The molecule has 1 saturated carbocycles. The first-order valence-corrected chi connectivity index (χ1v) is 9.90. The third-order valence-electron chi connectivity index (χ3n) is 4.68. The number of hydrogen-bond acceptors (Lipinski definition) is 4. The maximum atomic E-state index is 12.6. The predicted molar refractivity (Wildman–Crippen MR) is 91.9 cm³/mol. The van der Waals surface area contributed by atoms with Crippen molar-refractivity contribution in [1.29, 1.82) is 0 Å². The molecule has 128 valence electrons. The second kappa shape index (κ2) is 6.89. The van der Waals surface area contributed by atoms with Crippen LogP contribution in [0.4, 0.5) is 0 Å². The molecule has 2 aliphatic rings. The van der Waals surface area contributed by atoms with E-state index in [2.05, 4.69) is 21.6 Å². The molecule has 0 radical (unpaired) electrons. The van der Waals surface area contributed by atoms with Gasteiger partial charge in [-0.25, -0.2) is 13.1 Å². The number of likely N-dealkylation sites (N-methyl/N-ethyl adjacent to an activating group) is 1. The molecular formula is C17H27N3O2S. The number of nitrogens with one attached hydrogen (secondary N) is 1. The molecule has 6 heteroatoms. The van der Waals surface area contributed by atoms with Gasteiger partial charge in [0.05, 0.1) is 4.90 Å². The largest absolute Gasteiger partial charge is 0.303 e. The molecule has 0 bridgehead atoms. The summed E-state index contributed by atoms with van der Waals surface area (Å²) in [6.07, 6.45) is 2.65. The molecule has 3 rings (SSSR count). The Morgan fingerprint density at radius 3 is 2.48 bits per heavy atom. The Hall–Kier alpha value is -0.950. The van der Waals surface area contributed by atoms with E-state index in [0.717, 1.165) is 44.2 Å². The van der Waals surface area contributed by atoms with E-state index in [0.29, 0.717) is 4.90 Å². The molecule has 5 nitrogen and oxygen atoms in total. The predicted octanol–water partition coefficient (Wildman–Crippen LogP) is 1.30. The van der Waals surface area contributed by atoms with Gasteiger partial charge >= 0.3 is 0 Å². The highest BCUT2D eigenvalue weighted by molar-refractivity contribution is 7.89. The van der Waals surface area contributed by atoms with E-state index in [-0.39, 0.29) is 6.04 Å².